The van der Waals surface area contributed by atoms with Gasteiger partial charge >= 0.3 is 0 Å². The van der Waals surface area contributed by atoms with Crippen molar-refractivity contribution in [1.82, 2.24) is 15.3 Å². The predicted molar refractivity (Wildman–Crippen MR) is 106 cm³/mol. The average molecular weight is 375 g/mol. The number of nitrogens with zero attached hydrogens (tertiary/aromatic N) is 3. The molecule has 2 N–H and O–H groups in total. The first kappa shape index (κ1) is 19.1. The molecule has 0 saturated carbocycles. The number of hydrogen-bond acceptors (Lipinski definition) is 5. The van der Waals surface area contributed by atoms with Gasteiger partial charge < -0.3 is 15.3 Å². The number of benzene rings is 1. The maximum atomic E-state index is 9.49. The molecule has 4 rings (SSSR count). The Kier molecular flexibility index (Phi) is 6.46. The van der Waals surface area contributed by atoms with Crippen LogP contribution in [0.15, 0.2) is 30.3 Å². The van der Waals surface area contributed by atoms with Crippen molar-refractivity contribution >= 4 is 18.2 Å². The summed E-state index contributed by atoms with van der Waals surface area (Å²) in [5, 5.41) is 13.0. The molecular weight excluding hydrogens is 348 g/mol. The van der Waals surface area contributed by atoms with Gasteiger partial charge in [0.25, 0.3) is 0 Å². The average Bonchev–Trinajstić information content (AvgIpc) is 3.00. The number of aromatic nitrogens is 2. The molecule has 0 radical (unpaired) electrons. The van der Waals surface area contributed by atoms with Crippen molar-refractivity contribution in [3.8, 4) is 0 Å². The van der Waals surface area contributed by atoms with Crippen LogP contribution in [0.2, 0.25) is 0 Å². The summed E-state index contributed by atoms with van der Waals surface area (Å²) >= 11 is 0. The van der Waals surface area contributed by atoms with Crippen molar-refractivity contribution in [2.45, 2.75) is 25.7 Å². The lowest BCUT2D eigenvalue weighted by molar-refractivity contribution is 0.238. The highest BCUT2D eigenvalue weighted by atomic mass is 35.5. The summed E-state index contributed by atoms with van der Waals surface area (Å²) in [7, 11) is 0. The van der Waals surface area contributed by atoms with Crippen molar-refractivity contribution in [1.29, 1.82) is 0 Å². The first-order valence-electron chi connectivity index (χ1n) is 9.32. The van der Waals surface area contributed by atoms with Crippen molar-refractivity contribution in [3.05, 3.63) is 53.0 Å². The molecule has 5 nitrogen and oxygen atoms in total. The molecule has 1 aromatic carbocycles. The molecule has 1 atom stereocenters. The molecule has 0 spiro atoms. The van der Waals surface area contributed by atoms with Crippen LogP contribution in [-0.4, -0.2) is 47.9 Å². The molecule has 0 amide bonds. The van der Waals surface area contributed by atoms with Crippen LogP contribution in [0.3, 0.4) is 0 Å². The normalized spacial score (nSPS) is 19.6. The summed E-state index contributed by atoms with van der Waals surface area (Å²) < 4.78 is 0. The van der Waals surface area contributed by atoms with Crippen LogP contribution in [-0.2, 0) is 19.3 Å². The molecule has 3 heterocycles. The molecule has 1 aromatic heterocycles. The molecule has 0 bridgehead atoms. The third kappa shape index (κ3) is 4.17. The van der Waals surface area contributed by atoms with Gasteiger partial charge in [-0.25, -0.2) is 9.97 Å². The van der Waals surface area contributed by atoms with Crippen LogP contribution >= 0.6 is 12.4 Å². The number of aliphatic hydroxyl groups excluding tert-OH is 1. The Morgan fingerprint density at radius 3 is 2.69 bits per heavy atom. The van der Waals surface area contributed by atoms with Gasteiger partial charge in [-0.1, -0.05) is 30.3 Å². The van der Waals surface area contributed by atoms with Gasteiger partial charge in [0.05, 0.1) is 5.69 Å². The molecule has 1 unspecified atom stereocenters. The third-order valence-electron chi connectivity index (χ3n) is 5.26. The number of anilines is 1. The van der Waals surface area contributed by atoms with Gasteiger partial charge in [0.2, 0.25) is 0 Å². The van der Waals surface area contributed by atoms with Crippen LogP contribution < -0.4 is 10.2 Å². The molecule has 1 saturated heterocycles. The van der Waals surface area contributed by atoms with Gasteiger partial charge in [-0.3, -0.25) is 0 Å². The lowest BCUT2D eigenvalue weighted by Crippen LogP contribution is -2.25. The standard InChI is InChI=1S/C20H26N4O.ClH/c25-14-16-8-11-24(13-16)20-17-6-9-21-10-7-18(17)22-19(23-20)12-15-4-2-1-3-5-15;/h1-5,16,21,25H,6-14H2;1H. The number of aliphatic hydroxyl groups is 1. The Hall–Kier alpha value is -1.69. The van der Waals surface area contributed by atoms with Gasteiger partial charge in [-0.2, -0.15) is 0 Å². The highest BCUT2D eigenvalue weighted by Crippen LogP contribution is 2.28. The number of hydrogen-bond donors (Lipinski definition) is 2. The van der Waals surface area contributed by atoms with Crippen LogP contribution in [0.1, 0.15) is 29.1 Å². The summed E-state index contributed by atoms with van der Waals surface area (Å²) in [6, 6.07) is 10.4. The third-order valence-corrected chi connectivity index (χ3v) is 5.26. The van der Waals surface area contributed by atoms with Gasteiger partial charge in [0, 0.05) is 50.6 Å². The monoisotopic (exact) mass is 374 g/mol. The van der Waals surface area contributed by atoms with E-state index < -0.39 is 0 Å². The van der Waals surface area contributed by atoms with Crippen LogP contribution in [0, 0.1) is 5.92 Å². The molecule has 1 fully saturated rings. The Labute approximate surface area is 161 Å². The number of halogens is 1. The second kappa shape index (κ2) is 8.80. The summed E-state index contributed by atoms with van der Waals surface area (Å²) in [5.41, 5.74) is 3.75. The molecule has 2 aromatic rings. The SMILES string of the molecule is Cl.OCC1CCN(c2nc(Cc3ccccc3)nc3c2CCNCC3)C1. The molecule has 2 aliphatic rings. The van der Waals surface area contributed by atoms with Gasteiger partial charge in [-0.05, 0) is 24.9 Å². The minimum atomic E-state index is 0. The van der Waals surface area contributed by atoms with E-state index in [1.54, 1.807) is 0 Å². The summed E-state index contributed by atoms with van der Waals surface area (Å²) in [5.74, 6) is 2.39. The Morgan fingerprint density at radius 1 is 1.12 bits per heavy atom. The fourth-order valence-corrected chi connectivity index (χ4v) is 3.87. The van der Waals surface area contributed by atoms with Crippen molar-refractivity contribution < 1.29 is 5.11 Å². The first-order valence-corrected chi connectivity index (χ1v) is 9.32. The molecule has 26 heavy (non-hydrogen) atoms. The summed E-state index contributed by atoms with van der Waals surface area (Å²) in [6.07, 6.45) is 3.76. The van der Waals surface area contributed by atoms with E-state index in [0.29, 0.717) is 5.92 Å². The number of fused-ring (bicyclic) bond motifs is 1. The highest BCUT2D eigenvalue weighted by molar-refractivity contribution is 5.85. The minimum Gasteiger partial charge on any atom is -0.396 e. The molecule has 6 heteroatoms. The van der Waals surface area contributed by atoms with E-state index in [2.05, 4.69) is 34.5 Å². The maximum absolute atomic E-state index is 9.49. The summed E-state index contributed by atoms with van der Waals surface area (Å²) in [6.45, 7) is 4.11. The first-order chi connectivity index (χ1) is 12.3. The fraction of sp³-hybridized carbons (Fsp3) is 0.500. The Bertz CT molecular complexity index is 725. The van der Waals surface area contributed by atoms with Crippen LogP contribution in [0.5, 0.6) is 0 Å². The van der Waals surface area contributed by atoms with Gasteiger partial charge in [0.15, 0.2) is 0 Å². The molecule has 140 valence electrons. The quantitative estimate of drug-likeness (QED) is 0.857. The van der Waals surface area contributed by atoms with E-state index in [4.69, 9.17) is 9.97 Å². The topological polar surface area (TPSA) is 61.3 Å². The van der Waals surface area contributed by atoms with E-state index in [0.717, 1.165) is 63.5 Å². The molecular formula is C20H27ClN4O. The molecule has 0 aliphatic carbocycles. The van der Waals surface area contributed by atoms with Crippen molar-refractivity contribution in [2.75, 3.05) is 37.7 Å². The van der Waals surface area contributed by atoms with Gasteiger partial charge in [-0.15, -0.1) is 12.4 Å². The van der Waals surface area contributed by atoms with E-state index in [9.17, 15) is 5.11 Å². The number of rotatable bonds is 4. The smallest absolute Gasteiger partial charge is 0.135 e. The molecule has 2 aliphatic heterocycles. The minimum absolute atomic E-state index is 0. The Morgan fingerprint density at radius 2 is 1.92 bits per heavy atom. The van der Waals surface area contributed by atoms with E-state index in [1.807, 2.05) is 6.07 Å². The van der Waals surface area contributed by atoms with Crippen molar-refractivity contribution in [2.24, 2.45) is 5.92 Å². The zero-order valence-corrected chi connectivity index (χ0v) is 15.8. The zero-order valence-electron chi connectivity index (χ0n) is 15.0. The largest absolute Gasteiger partial charge is 0.396 e. The van der Waals surface area contributed by atoms with E-state index in [1.165, 1.54) is 16.8 Å². The predicted octanol–water partition coefficient (Wildman–Crippen LogP) is 2.00. The van der Waals surface area contributed by atoms with Crippen LogP contribution in [0.4, 0.5) is 5.82 Å². The van der Waals surface area contributed by atoms with E-state index >= 15 is 0 Å². The van der Waals surface area contributed by atoms with Gasteiger partial charge in [0.1, 0.15) is 11.6 Å². The highest BCUT2D eigenvalue weighted by Gasteiger charge is 2.27. The van der Waals surface area contributed by atoms with E-state index in [-0.39, 0.29) is 19.0 Å². The zero-order chi connectivity index (χ0) is 17.1. The van der Waals surface area contributed by atoms with Crippen molar-refractivity contribution in [3.63, 3.8) is 0 Å². The number of nitrogens with one attached hydrogen (secondary N) is 1. The van der Waals surface area contributed by atoms with Crippen LogP contribution in [0.25, 0.3) is 0 Å². The maximum Gasteiger partial charge on any atom is 0.135 e. The summed E-state index contributed by atoms with van der Waals surface area (Å²) in [4.78, 5) is 12.3. The lowest BCUT2D eigenvalue weighted by atomic mass is 10.1. The second-order valence-corrected chi connectivity index (χ2v) is 7.08. The Balaban J connectivity index is 0.00000196. The lowest BCUT2D eigenvalue weighted by Gasteiger charge is -2.22. The fourth-order valence-electron chi connectivity index (χ4n) is 3.87. The second-order valence-electron chi connectivity index (χ2n) is 7.08.